The second kappa shape index (κ2) is 3.19. The molecule has 54 valence electrons. The molecule has 1 amide bonds. The van der Waals surface area contributed by atoms with E-state index in [1.807, 2.05) is 0 Å². The van der Waals surface area contributed by atoms with Gasteiger partial charge in [-0.2, -0.15) is 0 Å². The summed E-state index contributed by atoms with van der Waals surface area (Å²) in [5.74, 6) is 0.334. The summed E-state index contributed by atoms with van der Waals surface area (Å²) in [6, 6.07) is 3.26. The third-order valence-electron chi connectivity index (χ3n) is 1.09. The molecule has 0 aromatic carbocycles. The quantitative estimate of drug-likeness (QED) is 0.559. The van der Waals surface area contributed by atoms with E-state index < -0.39 is 0 Å². The molecule has 1 heterocycles. The first-order valence-electron chi connectivity index (χ1n) is 3.17. The highest BCUT2D eigenvalue weighted by Gasteiger charge is 1.94. The van der Waals surface area contributed by atoms with Gasteiger partial charge in [0.15, 0.2) is 0 Å². The van der Waals surface area contributed by atoms with Crippen LogP contribution in [0.3, 0.4) is 0 Å². The molecule has 0 aliphatic heterocycles. The van der Waals surface area contributed by atoms with Crippen molar-refractivity contribution < 1.29 is 4.79 Å². The molecule has 1 rings (SSSR count). The summed E-state index contributed by atoms with van der Waals surface area (Å²) < 4.78 is 0. The zero-order chi connectivity index (χ0) is 8.27. The molecule has 0 atom stereocenters. The molecule has 0 bridgehead atoms. The molecule has 0 saturated carbocycles. The molecule has 1 N–H and O–H groups in total. The van der Waals surface area contributed by atoms with Crippen LogP contribution in [0.2, 0.25) is 0 Å². The van der Waals surface area contributed by atoms with Crippen molar-refractivity contribution in [2.45, 2.75) is 6.92 Å². The van der Waals surface area contributed by atoms with Gasteiger partial charge in [-0.3, -0.25) is 4.79 Å². The molecule has 0 aliphatic carbocycles. The Morgan fingerprint density at radius 2 is 2.45 bits per heavy atom. The molecule has 4 heteroatoms. The highest BCUT2D eigenvalue weighted by atomic mass is 16.1. The van der Waals surface area contributed by atoms with E-state index in [1.54, 1.807) is 18.3 Å². The number of nitrogens with zero attached hydrogens (tertiary/aromatic N) is 1. The Kier molecular flexibility index (Phi) is 2.26. The van der Waals surface area contributed by atoms with Gasteiger partial charge in [-0.15, -0.1) is 0 Å². The lowest BCUT2D eigenvalue weighted by Crippen LogP contribution is -2.11. The lowest BCUT2D eigenvalue weighted by molar-refractivity contribution is -0.114. The predicted molar refractivity (Wildman–Crippen MR) is 43.9 cm³/mol. The van der Waals surface area contributed by atoms with Crippen LogP contribution in [0.1, 0.15) is 6.92 Å². The maximum Gasteiger partial charge on any atom is 0.222 e. The van der Waals surface area contributed by atoms with E-state index in [0.717, 1.165) is 0 Å². The Morgan fingerprint density at radius 3 is 3.00 bits per heavy atom. The predicted octanol–water partition coefficient (Wildman–Crippen LogP) is -0.166. The van der Waals surface area contributed by atoms with Gasteiger partial charge in [-0.05, 0) is 6.07 Å². The minimum atomic E-state index is -0.150. The topological polar surface area (TPSA) is 42.0 Å². The maximum absolute atomic E-state index is 10.5. The fourth-order valence-corrected chi connectivity index (χ4v) is 0.696. The summed E-state index contributed by atoms with van der Waals surface area (Å²) in [5.41, 5.74) is 0.587. The van der Waals surface area contributed by atoms with Crippen LogP contribution in [0.5, 0.6) is 0 Å². The van der Waals surface area contributed by atoms with Crippen LogP contribution in [-0.4, -0.2) is 18.7 Å². The minimum Gasteiger partial charge on any atom is -0.311 e. The number of carbonyl (C=O) groups is 1. The van der Waals surface area contributed by atoms with Gasteiger partial charge < -0.3 is 5.32 Å². The number of amides is 1. The van der Waals surface area contributed by atoms with E-state index in [0.29, 0.717) is 11.3 Å². The summed E-state index contributed by atoms with van der Waals surface area (Å²) in [4.78, 5) is 14.4. The molecule has 0 unspecified atom stereocenters. The van der Waals surface area contributed by atoms with Crippen LogP contribution >= 0.6 is 0 Å². The monoisotopic (exact) mass is 146 g/mol. The van der Waals surface area contributed by atoms with Crippen molar-refractivity contribution >= 4 is 25.0 Å². The van der Waals surface area contributed by atoms with Gasteiger partial charge in [0.2, 0.25) is 5.91 Å². The van der Waals surface area contributed by atoms with Crippen molar-refractivity contribution in [3.63, 3.8) is 0 Å². The summed E-state index contributed by atoms with van der Waals surface area (Å²) in [6.07, 6.45) is 1.54. The van der Waals surface area contributed by atoms with Gasteiger partial charge in [-0.25, -0.2) is 4.98 Å². The maximum atomic E-state index is 10.5. The van der Waals surface area contributed by atoms with Gasteiger partial charge >= 0.3 is 0 Å². The zero-order valence-corrected chi connectivity index (χ0v) is 6.16. The number of rotatable bonds is 1. The third kappa shape index (κ3) is 2.41. The Bertz CT molecular complexity index is 275. The van der Waals surface area contributed by atoms with Crippen LogP contribution in [0.4, 0.5) is 5.82 Å². The van der Waals surface area contributed by atoms with Crippen molar-refractivity contribution in [1.82, 2.24) is 4.98 Å². The highest BCUT2D eigenvalue weighted by Crippen LogP contribution is 1.96. The van der Waals surface area contributed by atoms with Crippen LogP contribution in [0.15, 0.2) is 18.3 Å². The molecule has 0 fully saturated rings. The number of pyridine rings is 1. The highest BCUT2D eigenvalue weighted by molar-refractivity contribution is 6.32. The van der Waals surface area contributed by atoms with E-state index in [-0.39, 0.29) is 5.91 Å². The van der Waals surface area contributed by atoms with E-state index in [4.69, 9.17) is 7.85 Å². The van der Waals surface area contributed by atoms with E-state index >= 15 is 0 Å². The molecular weight excluding hydrogens is 139 g/mol. The molecule has 1 aromatic rings. The minimum absolute atomic E-state index is 0.150. The number of aromatic nitrogens is 1. The molecule has 2 radical (unpaired) electrons. The first-order valence-corrected chi connectivity index (χ1v) is 3.17. The number of carbonyl (C=O) groups excluding carboxylic acids is 1. The summed E-state index contributed by atoms with van der Waals surface area (Å²) in [7, 11) is 5.44. The average molecular weight is 146 g/mol. The molecule has 0 saturated heterocycles. The third-order valence-corrected chi connectivity index (χ3v) is 1.09. The van der Waals surface area contributed by atoms with Gasteiger partial charge in [0.25, 0.3) is 0 Å². The summed E-state index contributed by atoms with van der Waals surface area (Å²) in [6.45, 7) is 1.42. The van der Waals surface area contributed by atoms with Crippen molar-refractivity contribution in [2.75, 3.05) is 5.32 Å². The van der Waals surface area contributed by atoms with Crippen LogP contribution < -0.4 is 10.8 Å². The second-order valence-electron chi connectivity index (χ2n) is 2.16. The molecule has 0 aliphatic rings. The van der Waals surface area contributed by atoms with E-state index in [2.05, 4.69) is 10.3 Å². The molecule has 11 heavy (non-hydrogen) atoms. The molecular formula is C7H7BN2O. The van der Waals surface area contributed by atoms with Crippen molar-refractivity contribution in [3.05, 3.63) is 18.3 Å². The van der Waals surface area contributed by atoms with Gasteiger partial charge in [-0.1, -0.05) is 11.5 Å². The normalized spacial score (nSPS) is 9.18. The standard InChI is InChI=1S/C7H7BN2O/c1-5(11)10-7-4-6(8)2-3-9-7/h2-4H,1H3,(H,9,10,11). The SMILES string of the molecule is [B]c1ccnc(NC(C)=O)c1. The summed E-state index contributed by atoms with van der Waals surface area (Å²) in [5, 5.41) is 2.52. The molecule has 1 aromatic heterocycles. The van der Waals surface area contributed by atoms with Crippen LogP contribution in [0, 0.1) is 0 Å². The van der Waals surface area contributed by atoms with Crippen LogP contribution in [0.25, 0.3) is 0 Å². The van der Waals surface area contributed by atoms with Crippen LogP contribution in [-0.2, 0) is 4.79 Å². The van der Waals surface area contributed by atoms with Crippen molar-refractivity contribution in [3.8, 4) is 0 Å². The Balaban J connectivity index is 2.79. The number of nitrogens with one attached hydrogen (secondary N) is 1. The first-order chi connectivity index (χ1) is 5.18. The summed E-state index contributed by atoms with van der Waals surface area (Å²) >= 11 is 0. The Labute approximate surface area is 66.2 Å². The average Bonchev–Trinajstić information content (AvgIpc) is 1.85. The lowest BCUT2D eigenvalue weighted by atomic mass is 9.98. The largest absolute Gasteiger partial charge is 0.311 e. The van der Waals surface area contributed by atoms with Crippen molar-refractivity contribution in [2.24, 2.45) is 0 Å². The van der Waals surface area contributed by atoms with Gasteiger partial charge in [0, 0.05) is 13.1 Å². The van der Waals surface area contributed by atoms with Gasteiger partial charge in [0.05, 0.1) is 0 Å². The lowest BCUT2D eigenvalue weighted by Gasteiger charge is -2.00. The van der Waals surface area contributed by atoms with E-state index in [9.17, 15) is 4.79 Å². The smallest absolute Gasteiger partial charge is 0.222 e. The van der Waals surface area contributed by atoms with Crippen molar-refractivity contribution in [1.29, 1.82) is 0 Å². The number of hydrogen-bond donors (Lipinski definition) is 1. The zero-order valence-electron chi connectivity index (χ0n) is 6.16. The Hall–Kier alpha value is -1.32. The molecule has 3 nitrogen and oxygen atoms in total. The fraction of sp³-hybridized carbons (Fsp3) is 0.143. The number of hydrogen-bond acceptors (Lipinski definition) is 2. The first kappa shape index (κ1) is 7.79. The fourth-order valence-electron chi connectivity index (χ4n) is 0.696. The van der Waals surface area contributed by atoms with E-state index in [1.165, 1.54) is 6.92 Å². The molecule has 0 spiro atoms. The second-order valence-corrected chi connectivity index (χ2v) is 2.16. The number of anilines is 1. The Morgan fingerprint density at radius 1 is 1.73 bits per heavy atom. The van der Waals surface area contributed by atoms with Gasteiger partial charge in [0.1, 0.15) is 13.7 Å².